The number of carboxylic acid groups (broad SMARTS) is 3. The Balaban J connectivity index is 2.35. The highest BCUT2D eigenvalue weighted by Gasteiger charge is 2.24. The topological polar surface area (TPSA) is 165 Å². The fourth-order valence-electron chi connectivity index (χ4n) is 2.79. The zero-order chi connectivity index (χ0) is 22.5. The standard InChI is InChI=1S/C20H29N3O7/c1-13-5-4-6-14(11-13)12-21-10-3-2-7-15(18(26)27)22-20(30)23-16(19(28)29)8-9-17(24)25/h4-6,11,15-16,21H,2-3,7-10,12H2,1H3,(H,24,25)(H,26,27)(H,28,29)(H2,22,23,30)/t15-,16-/m0/s1. The van der Waals surface area contributed by atoms with E-state index < -0.39 is 42.4 Å². The van der Waals surface area contributed by atoms with Crippen molar-refractivity contribution in [3.05, 3.63) is 35.4 Å². The summed E-state index contributed by atoms with van der Waals surface area (Å²) in [5.41, 5.74) is 2.34. The van der Waals surface area contributed by atoms with E-state index in [0.717, 1.165) is 5.56 Å². The fourth-order valence-corrected chi connectivity index (χ4v) is 2.79. The molecule has 0 radical (unpaired) electrons. The summed E-state index contributed by atoms with van der Waals surface area (Å²) in [5.74, 6) is -3.81. The van der Waals surface area contributed by atoms with Gasteiger partial charge >= 0.3 is 23.9 Å². The number of aryl methyl sites for hydroxylation is 1. The number of rotatable bonds is 14. The first kappa shape index (κ1) is 24.9. The van der Waals surface area contributed by atoms with Crippen LogP contribution in [0.3, 0.4) is 0 Å². The average molecular weight is 423 g/mol. The van der Waals surface area contributed by atoms with Gasteiger partial charge in [0.15, 0.2) is 0 Å². The van der Waals surface area contributed by atoms with Crippen LogP contribution in [-0.2, 0) is 20.9 Å². The van der Waals surface area contributed by atoms with Crippen LogP contribution in [0.5, 0.6) is 0 Å². The number of carboxylic acids is 3. The number of benzene rings is 1. The summed E-state index contributed by atoms with van der Waals surface area (Å²) in [6.45, 7) is 3.41. The van der Waals surface area contributed by atoms with E-state index in [0.29, 0.717) is 25.9 Å². The summed E-state index contributed by atoms with van der Waals surface area (Å²) in [5, 5.41) is 34.5. The summed E-state index contributed by atoms with van der Waals surface area (Å²) in [4.78, 5) is 44.9. The fraction of sp³-hybridized carbons (Fsp3) is 0.500. The lowest BCUT2D eigenvalue weighted by Gasteiger charge is -2.18. The maximum Gasteiger partial charge on any atom is 0.326 e. The molecule has 1 aromatic carbocycles. The zero-order valence-corrected chi connectivity index (χ0v) is 16.9. The van der Waals surface area contributed by atoms with Crippen LogP contribution in [0.1, 0.15) is 43.2 Å². The quantitative estimate of drug-likeness (QED) is 0.244. The highest BCUT2D eigenvalue weighted by atomic mass is 16.4. The number of amides is 2. The molecule has 2 amide bonds. The van der Waals surface area contributed by atoms with Crippen LogP contribution in [0, 0.1) is 6.92 Å². The van der Waals surface area contributed by atoms with E-state index in [9.17, 15) is 24.3 Å². The molecule has 0 saturated carbocycles. The van der Waals surface area contributed by atoms with E-state index in [2.05, 4.69) is 22.0 Å². The predicted molar refractivity (Wildman–Crippen MR) is 108 cm³/mol. The van der Waals surface area contributed by atoms with Crippen molar-refractivity contribution in [3.63, 3.8) is 0 Å². The first-order valence-electron chi connectivity index (χ1n) is 9.69. The smallest absolute Gasteiger partial charge is 0.326 e. The van der Waals surface area contributed by atoms with Gasteiger partial charge in [0.1, 0.15) is 12.1 Å². The van der Waals surface area contributed by atoms with Crippen LogP contribution in [0.2, 0.25) is 0 Å². The Morgan fingerprint density at radius 2 is 1.57 bits per heavy atom. The van der Waals surface area contributed by atoms with Crippen LogP contribution < -0.4 is 16.0 Å². The molecule has 0 saturated heterocycles. The van der Waals surface area contributed by atoms with Crippen molar-refractivity contribution < 1.29 is 34.5 Å². The van der Waals surface area contributed by atoms with Crippen molar-refractivity contribution in [1.82, 2.24) is 16.0 Å². The summed E-state index contributed by atoms with van der Waals surface area (Å²) in [7, 11) is 0. The van der Waals surface area contributed by atoms with Gasteiger partial charge in [-0.15, -0.1) is 0 Å². The molecule has 0 heterocycles. The van der Waals surface area contributed by atoms with Gasteiger partial charge in [0.25, 0.3) is 0 Å². The first-order chi connectivity index (χ1) is 14.2. The van der Waals surface area contributed by atoms with Gasteiger partial charge in [-0.1, -0.05) is 29.8 Å². The van der Waals surface area contributed by atoms with Crippen molar-refractivity contribution in [2.24, 2.45) is 0 Å². The molecule has 166 valence electrons. The molecule has 0 bridgehead atoms. The molecule has 0 aliphatic rings. The van der Waals surface area contributed by atoms with E-state index in [1.54, 1.807) is 0 Å². The van der Waals surface area contributed by atoms with E-state index in [-0.39, 0.29) is 12.8 Å². The Bertz CT molecular complexity index is 739. The number of nitrogens with one attached hydrogen (secondary N) is 3. The van der Waals surface area contributed by atoms with E-state index in [1.165, 1.54) is 5.56 Å². The Labute approximate surface area is 174 Å². The van der Waals surface area contributed by atoms with Gasteiger partial charge in [-0.3, -0.25) is 4.79 Å². The second kappa shape index (κ2) is 13.2. The highest BCUT2D eigenvalue weighted by Crippen LogP contribution is 2.05. The summed E-state index contributed by atoms with van der Waals surface area (Å²) >= 11 is 0. The van der Waals surface area contributed by atoms with Crippen LogP contribution >= 0.6 is 0 Å². The average Bonchev–Trinajstić information content (AvgIpc) is 2.66. The monoisotopic (exact) mass is 423 g/mol. The number of carbonyl (C=O) groups is 4. The van der Waals surface area contributed by atoms with Crippen LogP contribution in [0.25, 0.3) is 0 Å². The second-order valence-electron chi connectivity index (χ2n) is 6.99. The second-order valence-corrected chi connectivity index (χ2v) is 6.99. The Kier molecular flexibility index (Phi) is 10.9. The molecular formula is C20H29N3O7. The van der Waals surface area contributed by atoms with Crippen molar-refractivity contribution in [3.8, 4) is 0 Å². The Morgan fingerprint density at radius 1 is 0.933 bits per heavy atom. The third-order valence-electron chi connectivity index (χ3n) is 4.36. The maximum atomic E-state index is 11.9. The van der Waals surface area contributed by atoms with E-state index in [4.69, 9.17) is 10.2 Å². The number of urea groups is 1. The molecule has 0 unspecified atom stereocenters. The third-order valence-corrected chi connectivity index (χ3v) is 4.36. The molecular weight excluding hydrogens is 394 g/mol. The minimum absolute atomic E-state index is 0.182. The highest BCUT2D eigenvalue weighted by molar-refractivity contribution is 5.86. The van der Waals surface area contributed by atoms with Gasteiger partial charge in [0, 0.05) is 13.0 Å². The lowest BCUT2D eigenvalue weighted by molar-refractivity contribution is -0.140. The molecule has 10 heteroatoms. The first-order valence-corrected chi connectivity index (χ1v) is 9.69. The van der Waals surface area contributed by atoms with Gasteiger partial charge < -0.3 is 31.3 Å². The molecule has 0 aliphatic heterocycles. The van der Waals surface area contributed by atoms with Gasteiger partial charge in [-0.25, -0.2) is 14.4 Å². The number of carbonyl (C=O) groups excluding carboxylic acids is 1. The van der Waals surface area contributed by atoms with Crippen LogP contribution in [-0.4, -0.2) is 57.9 Å². The lowest BCUT2D eigenvalue weighted by atomic mass is 10.1. The zero-order valence-electron chi connectivity index (χ0n) is 16.9. The van der Waals surface area contributed by atoms with Crippen molar-refractivity contribution in [2.75, 3.05) is 6.54 Å². The molecule has 2 atom stereocenters. The van der Waals surface area contributed by atoms with Crippen LogP contribution in [0.4, 0.5) is 4.79 Å². The van der Waals surface area contributed by atoms with Crippen molar-refractivity contribution >= 4 is 23.9 Å². The van der Waals surface area contributed by atoms with Crippen molar-refractivity contribution in [1.29, 1.82) is 0 Å². The summed E-state index contributed by atoms with van der Waals surface area (Å²) in [6.07, 6.45) is 0.689. The molecule has 10 nitrogen and oxygen atoms in total. The van der Waals surface area contributed by atoms with Gasteiger partial charge in [-0.2, -0.15) is 0 Å². The SMILES string of the molecule is Cc1cccc(CNCCCC[C@H](NC(=O)N[C@@H](CCC(=O)O)C(=O)O)C(=O)O)c1. The largest absolute Gasteiger partial charge is 0.481 e. The molecule has 1 rings (SSSR count). The Hall–Kier alpha value is -3.14. The predicted octanol–water partition coefficient (Wildman–Crippen LogP) is 1.33. The normalized spacial score (nSPS) is 12.6. The Morgan fingerprint density at radius 3 is 2.13 bits per heavy atom. The number of aliphatic carboxylic acids is 3. The summed E-state index contributed by atoms with van der Waals surface area (Å²) in [6, 6.07) is 4.55. The number of hydrogen-bond donors (Lipinski definition) is 6. The summed E-state index contributed by atoms with van der Waals surface area (Å²) < 4.78 is 0. The minimum Gasteiger partial charge on any atom is -0.481 e. The lowest BCUT2D eigenvalue weighted by Crippen LogP contribution is -2.51. The number of hydrogen-bond acceptors (Lipinski definition) is 5. The molecule has 30 heavy (non-hydrogen) atoms. The number of unbranched alkanes of at least 4 members (excludes halogenated alkanes) is 1. The van der Waals surface area contributed by atoms with Gasteiger partial charge in [0.05, 0.1) is 0 Å². The molecule has 0 aromatic heterocycles. The third kappa shape index (κ3) is 10.4. The molecule has 6 N–H and O–H groups in total. The van der Waals surface area contributed by atoms with Crippen LogP contribution in [0.15, 0.2) is 24.3 Å². The van der Waals surface area contributed by atoms with Crippen molar-refractivity contribution in [2.45, 2.75) is 57.7 Å². The maximum absolute atomic E-state index is 11.9. The molecule has 1 aromatic rings. The van der Waals surface area contributed by atoms with Gasteiger partial charge in [-0.05, 0) is 44.7 Å². The van der Waals surface area contributed by atoms with E-state index in [1.807, 2.05) is 25.1 Å². The molecule has 0 aliphatic carbocycles. The molecule has 0 fully saturated rings. The van der Waals surface area contributed by atoms with Gasteiger partial charge in [0.2, 0.25) is 0 Å². The molecule has 0 spiro atoms. The van der Waals surface area contributed by atoms with E-state index >= 15 is 0 Å². The minimum atomic E-state index is -1.42.